The average Bonchev–Trinajstić information content (AvgIpc) is 2.86. The van der Waals surface area contributed by atoms with Gasteiger partial charge in [-0.05, 0) is 23.3 Å². The van der Waals surface area contributed by atoms with E-state index in [0.717, 1.165) is 11.1 Å². The van der Waals surface area contributed by atoms with Crippen LogP contribution in [0.25, 0.3) is 0 Å². The lowest BCUT2D eigenvalue weighted by Crippen LogP contribution is -2.70. The summed E-state index contributed by atoms with van der Waals surface area (Å²) in [4.78, 5) is 15.1. The Kier molecular flexibility index (Phi) is 6.16. The maximum atomic E-state index is 13.5. The van der Waals surface area contributed by atoms with Gasteiger partial charge in [0.25, 0.3) is 5.91 Å². The lowest BCUT2D eigenvalue weighted by molar-refractivity contribution is -0.153. The van der Waals surface area contributed by atoms with E-state index in [2.05, 4.69) is 0 Å². The Bertz CT molecular complexity index is 1110. The standard InChI is InChI=1S/C26H27NO6/c1-30-20-12-10-18(11-13-20)24-26(29,16-17-8-6-5-7-9-17)25(28)27(24)19-14-21(31-2)23(33-4)22(15-19)32-3/h5-15,24,29H,16H2,1-4H3. The predicted octanol–water partition coefficient (Wildman–Crippen LogP) is 3.78. The van der Waals surface area contributed by atoms with Crippen LogP contribution in [0.3, 0.4) is 0 Å². The first-order chi connectivity index (χ1) is 16.0. The van der Waals surface area contributed by atoms with Crippen molar-refractivity contribution in [2.24, 2.45) is 0 Å². The van der Waals surface area contributed by atoms with Crippen molar-refractivity contribution < 1.29 is 28.8 Å². The topological polar surface area (TPSA) is 77.5 Å². The highest BCUT2D eigenvalue weighted by Crippen LogP contribution is 2.51. The summed E-state index contributed by atoms with van der Waals surface area (Å²) in [7, 11) is 6.15. The molecule has 1 N–H and O–H groups in total. The molecule has 0 radical (unpaired) electrons. The summed E-state index contributed by atoms with van der Waals surface area (Å²) in [6, 6.07) is 19.6. The lowest BCUT2D eigenvalue weighted by atomic mass is 9.74. The summed E-state index contributed by atoms with van der Waals surface area (Å²) in [6.07, 6.45) is 0.185. The molecular formula is C26H27NO6. The third kappa shape index (κ3) is 3.85. The van der Waals surface area contributed by atoms with Crippen LogP contribution in [0.4, 0.5) is 5.69 Å². The minimum atomic E-state index is -1.61. The van der Waals surface area contributed by atoms with Gasteiger partial charge in [0.05, 0.1) is 34.1 Å². The molecule has 3 aromatic carbocycles. The van der Waals surface area contributed by atoms with E-state index >= 15 is 0 Å². The Hall–Kier alpha value is -3.71. The number of rotatable bonds is 8. The number of aliphatic hydroxyl groups is 1. The third-order valence-electron chi connectivity index (χ3n) is 5.98. The van der Waals surface area contributed by atoms with Crippen LogP contribution in [0.5, 0.6) is 23.0 Å². The molecule has 1 amide bonds. The SMILES string of the molecule is COc1ccc(C2N(c3cc(OC)c(OC)c(OC)c3)C(=O)C2(O)Cc2ccccc2)cc1. The summed E-state index contributed by atoms with van der Waals surface area (Å²) >= 11 is 0. The van der Waals surface area contributed by atoms with Gasteiger partial charge in [0, 0.05) is 18.6 Å². The highest BCUT2D eigenvalue weighted by Gasteiger charge is 2.61. The van der Waals surface area contributed by atoms with Crippen LogP contribution in [0.1, 0.15) is 17.2 Å². The van der Waals surface area contributed by atoms with Gasteiger partial charge in [-0.3, -0.25) is 9.69 Å². The van der Waals surface area contributed by atoms with Crippen molar-refractivity contribution in [3.05, 3.63) is 77.9 Å². The number of hydrogen-bond donors (Lipinski definition) is 1. The van der Waals surface area contributed by atoms with Crippen molar-refractivity contribution in [3.63, 3.8) is 0 Å². The molecule has 2 atom stereocenters. The van der Waals surface area contributed by atoms with Gasteiger partial charge in [0.2, 0.25) is 5.75 Å². The van der Waals surface area contributed by atoms with E-state index < -0.39 is 17.6 Å². The largest absolute Gasteiger partial charge is 0.497 e. The first-order valence-corrected chi connectivity index (χ1v) is 10.5. The van der Waals surface area contributed by atoms with E-state index in [1.54, 1.807) is 24.1 Å². The van der Waals surface area contributed by atoms with Gasteiger partial charge in [0.15, 0.2) is 17.1 Å². The van der Waals surface area contributed by atoms with Crippen molar-refractivity contribution in [2.45, 2.75) is 18.1 Å². The number of benzene rings is 3. The Balaban J connectivity index is 1.81. The first kappa shape index (κ1) is 22.5. The Labute approximate surface area is 193 Å². The molecule has 2 unspecified atom stereocenters. The summed E-state index contributed by atoms with van der Waals surface area (Å²) < 4.78 is 21.6. The van der Waals surface area contributed by atoms with E-state index in [1.807, 2.05) is 54.6 Å². The fourth-order valence-corrected chi connectivity index (χ4v) is 4.35. The van der Waals surface area contributed by atoms with Gasteiger partial charge in [0.1, 0.15) is 11.8 Å². The third-order valence-corrected chi connectivity index (χ3v) is 5.98. The number of ether oxygens (including phenoxy) is 4. The number of carbonyl (C=O) groups excluding carboxylic acids is 1. The number of hydrogen-bond acceptors (Lipinski definition) is 6. The van der Waals surface area contributed by atoms with Gasteiger partial charge in [-0.25, -0.2) is 0 Å². The average molecular weight is 450 g/mol. The molecule has 0 saturated carbocycles. The number of methoxy groups -OCH3 is 4. The van der Waals surface area contributed by atoms with Crippen molar-refractivity contribution in [2.75, 3.05) is 33.3 Å². The van der Waals surface area contributed by atoms with Crippen LogP contribution >= 0.6 is 0 Å². The molecule has 3 aromatic rings. The van der Waals surface area contributed by atoms with Gasteiger partial charge in [-0.15, -0.1) is 0 Å². The monoisotopic (exact) mass is 449 g/mol. The number of nitrogens with zero attached hydrogens (tertiary/aromatic N) is 1. The number of β-lactam (4-membered cyclic amide) rings is 1. The first-order valence-electron chi connectivity index (χ1n) is 10.5. The molecule has 1 aliphatic rings. The molecule has 7 nitrogen and oxygen atoms in total. The Morgan fingerprint density at radius 2 is 1.45 bits per heavy atom. The van der Waals surface area contributed by atoms with Crippen LogP contribution in [0.2, 0.25) is 0 Å². The van der Waals surface area contributed by atoms with E-state index in [-0.39, 0.29) is 6.42 Å². The van der Waals surface area contributed by atoms with Crippen LogP contribution < -0.4 is 23.8 Å². The molecule has 0 spiro atoms. The minimum absolute atomic E-state index is 0.185. The molecule has 0 aliphatic carbocycles. The quantitative estimate of drug-likeness (QED) is 0.528. The molecule has 172 valence electrons. The number of anilines is 1. The molecule has 33 heavy (non-hydrogen) atoms. The van der Waals surface area contributed by atoms with Crippen molar-refractivity contribution in [1.82, 2.24) is 0 Å². The zero-order valence-electron chi connectivity index (χ0n) is 19.1. The van der Waals surface area contributed by atoms with Gasteiger partial charge >= 0.3 is 0 Å². The van der Waals surface area contributed by atoms with Crippen molar-refractivity contribution in [1.29, 1.82) is 0 Å². The minimum Gasteiger partial charge on any atom is -0.497 e. The summed E-state index contributed by atoms with van der Waals surface area (Å²) in [5, 5.41) is 11.6. The fourth-order valence-electron chi connectivity index (χ4n) is 4.35. The van der Waals surface area contributed by atoms with Gasteiger partial charge in [-0.1, -0.05) is 42.5 Å². The maximum Gasteiger partial charge on any atom is 0.262 e. The summed E-state index contributed by atoms with van der Waals surface area (Å²) in [5.41, 5.74) is 0.572. The second kappa shape index (κ2) is 9.03. The fraction of sp³-hybridized carbons (Fsp3) is 0.269. The van der Waals surface area contributed by atoms with Gasteiger partial charge < -0.3 is 24.1 Å². The van der Waals surface area contributed by atoms with Crippen LogP contribution in [0, 0.1) is 0 Å². The Morgan fingerprint density at radius 3 is 1.97 bits per heavy atom. The second-order valence-electron chi connectivity index (χ2n) is 7.82. The van der Waals surface area contributed by atoms with E-state index in [1.165, 1.54) is 21.3 Å². The molecule has 1 aliphatic heterocycles. The van der Waals surface area contributed by atoms with Crippen LogP contribution in [0.15, 0.2) is 66.7 Å². The molecule has 1 heterocycles. The lowest BCUT2D eigenvalue weighted by Gasteiger charge is -2.53. The van der Waals surface area contributed by atoms with Crippen LogP contribution in [-0.2, 0) is 11.2 Å². The van der Waals surface area contributed by atoms with Crippen LogP contribution in [-0.4, -0.2) is 45.1 Å². The maximum absolute atomic E-state index is 13.5. The van der Waals surface area contributed by atoms with Gasteiger partial charge in [-0.2, -0.15) is 0 Å². The van der Waals surface area contributed by atoms with Crippen molar-refractivity contribution in [3.8, 4) is 23.0 Å². The van der Waals surface area contributed by atoms with E-state index in [9.17, 15) is 9.90 Å². The summed E-state index contributed by atoms with van der Waals surface area (Å²) in [6.45, 7) is 0. The molecule has 1 fully saturated rings. The number of carbonyl (C=O) groups is 1. The molecule has 0 bridgehead atoms. The highest BCUT2D eigenvalue weighted by molar-refractivity contribution is 6.09. The molecule has 0 aromatic heterocycles. The molecular weight excluding hydrogens is 422 g/mol. The normalized spacial score (nSPS) is 19.6. The molecule has 7 heteroatoms. The predicted molar refractivity (Wildman–Crippen MR) is 124 cm³/mol. The van der Waals surface area contributed by atoms with Crippen molar-refractivity contribution >= 4 is 11.6 Å². The number of amides is 1. The summed E-state index contributed by atoms with van der Waals surface area (Å²) in [5.74, 6) is 1.56. The van der Waals surface area contributed by atoms with E-state index in [0.29, 0.717) is 28.7 Å². The zero-order chi connectivity index (χ0) is 23.6. The zero-order valence-corrected chi connectivity index (χ0v) is 19.1. The smallest absolute Gasteiger partial charge is 0.262 e. The highest BCUT2D eigenvalue weighted by atomic mass is 16.5. The Morgan fingerprint density at radius 1 is 0.848 bits per heavy atom. The molecule has 1 saturated heterocycles. The second-order valence-corrected chi connectivity index (χ2v) is 7.82. The van der Waals surface area contributed by atoms with E-state index in [4.69, 9.17) is 18.9 Å². The molecule has 4 rings (SSSR count).